The summed E-state index contributed by atoms with van der Waals surface area (Å²) >= 11 is 0. The van der Waals surface area contributed by atoms with Gasteiger partial charge in [-0.2, -0.15) is 15.3 Å². The number of fused-ring (bicyclic) bond motifs is 6. The third kappa shape index (κ3) is 11.9. The molecule has 6 amide bonds. The molecule has 3 unspecified atom stereocenters. The Labute approximate surface area is 429 Å². The summed E-state index contributed by atoms with van der Waals surface area (Å²) in [7, 11) is 3.90. The first-order chi connectivity index (χ1) is 35.3. The van der Waals surface area contributed by atoms with Crippen LogP contribution in [0.15, 0.2) is 164 Å². The number of allylic oxidation sites excluding steroid dienone is 1. The molecule has 6 aromatic rings. The lowest BCUT2D eigenvalue weighted by Gasteiger charge is -2.22. The third-order valence-corrected chi connectivity index (χ3v) is 15.8. The van der Waals surface area contributed by atoms with Crippen LogP contribution in [-0.4, -0.2) is 180 Å². The van der Waals surface area contributed by atoms with Crippen molar-refractivity contribution in [2.24, 2.45) is 0 Å². The molecule has 17 nitrogen and oxygen atoms in total. The van der Waals surface area contributed by atoms with Crippen molar-refractivity contribution >= 4 is 67.4 Å². The fourth-order valence-electron chi connectivity index (χ4n) is 9.46. The van der Waals surface area contributed by atoms with E-state index in [0.29, 0.717) is 19.6 Å². The van der Waals surface area contributed by atoms with Crippen molar-refractivity contribution < 1.29 is 24.4 Å². The molecular weight excluding hydrogens is 937 g/mol. The topological polar surface area (TPSA) is 175 Å². The van der Waals surface area contributed by atoms with Gasteiger partial charge in [-0.05, 0) is 55.8 Å². The van der Waals surface area contributed by atoms with Crippen LogP contribution in [0.1, 0.15) is 23.6 Å². The first kappa shape index (κ1) is 51.9. The predicted molar refractivity (Wildman–Crippen MR) is 291 cm³/mol. The smallest absolute Gasteiger partial charge is 0.431 e. The Morgan fingerprint density at radius 2 is 0.918 bits per heavy atom. The Balaban J connectivity index is 0.000000125. The largest absolute Gasteiger partial charge is 0.431 e. The van der Waals surface area contributed by atoms with Gasteiger partial charge in [-0.15, -0.1) is 0 Å². The van der Waals surface area contributed by atoms with Crippen LogP contribution < -0.4 is 10.6 Å². The van der Waals surface area contributed by atoms with Crippen LogP contribution in [0.5, 0.6) is 0 Å². The number of nitrogens with zero attached hydrogens (tertiary/aromatic N) is 11. The van der Waals surface area contributed by atoms with Gasteiger partial charge >= 0.3 is 32.2 Å². The number of urea groups is 3. The van der Waals surface area contributed by atoms with E-state index in [-0.39, 0.29) is 44.1 Å². The maximum atomic E-state index is 11.8. The molecule has 3 aromatic heterocycles. The summed E-state index contributed by atoms with van der Waals surface area (Å²) in [6, 6.07) is 34.0. The highest BCUT2D eigenvalue weighted by molar-refractivity contribution is 7.75. The maximum absolute atomic E-state index is 11.8. The van der Waals surface area contributed by atoms with Crippen molar-refractivity contribution in [1.82, 2.24) is 59.0 Å². The molecule has 376 valence electrons. The molecule has 3 N–H and O–H groups in total. The van der Waals surface area contributed by atoms with Gasteiger partial charge in [-0.25, -0.2) is 14.4 Å². The van der Waals surface area contributed by atoms with Crippen LogP contribution in [0.3, 0.4) is 0 Å². The Bertz CT molecular complexity index is 2750. The van der Waals surface area contributed by atoms with E-state index in [1.165, 1.54) is 25.4 Å². The molecular formula is C53H63B2N12O5P. The molecule has 0 aliphatic carbocycles. The zero-order valence-corrected chi connectivity index (χ0v) is 43.1. The summed E-state index contributed by atoms with van der Waals surface area (Å²) in [6.07, 6.45) is 19.2. The predicted octanol–water partition coefficient (Wildman–Crippen LogP) is 5.83. The van der Waals surface area contributed by atoms with Gasteiger partial charge in [0.05, 0.1) is 36.7 Å². The molecule has 3 saturated heterocycles. The lowest BCUT2D eigenvalue weighted by Crippen LogP contribution is -2.30. The fourth-order valence-corrected chi connectivity index (χ4v) is 11.4. The van der Waals surface area contributed by atoms with Gasteiger partial charge in [-0.1, -0.05) is 127 Å². The third-order valence-electron chi connectivity index (χ3n) is 13.5. The number of hydrogen-bond acceptors (Lipinski definition) is 8. The van der Waals surface area contributed by atoms with Crippen molar-refractivity contribution in [2.75, 3.05) is 60.4 Å². The van der Waals surface area contributed by atoms with Crippen molar-refractivity contribution in [3.05, 3.63) is 181 Å². The number of carbonyl (C=O) groups excluding carboxylic acids is 3. The minimum absolute atomic E-state index is 0.0779. The van der Waals surface area contributed by atoms with Gasteiger partial charge < -0.3 is 39.4 Å². The van der Waals surface area contributed by atoms with Crippen LogP contribution in [0.2, 0.25) is 13.6 Å². The molecule has 20 heteroatoms. The van der Waals surface area contributed by atoms with Gasteiger partial charge in [0.25, 0.3) is 0 Å². The lowest BCUT2D eigenvalue weighted by atomic mass is 9.89. The zero-order chi connectivity index (χ0) is 51.6. The molecule has 6 bridgehead atoms. The monoisotopic (exact) mass is 1000 g/mol. The van der Waals surface area contributed by atoms with Crippen LogP contribution in [0.4, 0.5) is 14.4 Å². The normalized spacial score (nSPS) is 19.3. The second-order valence-corrected chi connectivity index (χ2v) is 20.3. The summed E-state index contributed by atoms with van der Waals surface area (Å²) in [5.74, 6) is 2.31. The Morgan fingerprint density at radius 1 is 0.562 bits per heavy atom. The highest BCUT2D eigenvalue weighted by atomic mass is 31.1. The van der Waals surface area contributed by atoms with Crippen molar-refractivity contribution in [3.63, 3.8) is 0 Å². The van der Waals surface area contributed by atoms with E-state index in [2.05, 4.69) is 118 Å². The lowest BCUT2D eigenvalue weighted by molar-refractivity contribution is 0.201. The highest BCUT2D eigenvalue weighted by Crippen LogP contribution is 2.36. The quantitative estimate of drug-likeness (QED) is 0.126. The Hall–Kier alpha value is -7.46. The van der Waals surface area contributed by atoms with Crippen molar-refractivity contribution in [2.45, 2.75) is 38.7 Å². The van der Waals surface area contributed by atoms with Crippen LogP contribution in [0, 0.1) is 0 Å². The Morgan fingerprint density at radius 3 is 1.23 bits per heavy atom. The first-order valence-electron chi connectivity index (χ1n) is 24.5. The molecule has 0 saturated carbocycles. The SMILES string of the molecule is C/C=C/P(c1ccccc1)c1ccccc1.CB(O)n1cc(C2=CCN3CC2N(C)C3=O)cn1.CB(O)n1cc(C2=CCN3CC2N(C)C3=O)cn1.CN1C(=O)N2CC=C(c3cn[nH]c3)C1C2.c1ccccc1. The summed E-state index contributed by atoms with van der Waals surface area (Å²) in [5, 5.41) is 36.7. The van der Waals surface area contributed by atoms with E-state index in [1.807, 2.05) is 90.8 Å². The molecule has 9 heterocycles. The van der Waals surface area contributed by atoms with Gasteiger partial charge in [-0.3, -0.25) is 14.3 Å². The van der Waals surface area contributed by atoms with E-state index in [9.17, 15) is 24.4 Å². The van der Waals surface area contributed by atoms with E-state index in [0.717, 1.165) is 47.5 Å². The van der Waals surface area contributed by atoms with Crippen molar-refractivity contribution in [3.8, 4) is 0 Å². The van der Waals surface area contributed by atoms with Crippen molar-refractivity contribution in [1.29, 1.82) is 0 Å². The van der Waals surface area contributed by atoms with E-state index in [4.69, 9.17) is 0 Å². The zero-order valence-electron chi connectivity index (χ0n) is 42.2. The number of nitrogens with one attached hydrogen (secondary N) is 1. The summed E-state index contributed by atoms with van der Waals surface area (Å²) in [4.78, 5) is 46.2. The minimum atomic E-state index is -0.637. The number of carbonyl (C=O) groups is 3. The highest BCUT2D eigenvalue weighted by Gasteiger charge is 2.42. The molecule has 0 spiro atoms. The molecule has 3 atom stereocenters. The van der Waals surface area contributed by atoms with E-state index < -0.39 is 14.1 Å². The first-order valence-corrected chi connectivity index (χ1v) is 25.9. The van der Waals surface area contributed by atoms with Crippen LogP contribution >= 0.6 is 7.92 Å². The Kier molecular flexibility index (Phi) is 16.9. The molecule has 0 radical (unpaired) electrons. The minimum Gasteiger partial charge on any atom is -0.431 e. The van der Waals surface area contributed by atoms with E-state index in [1.54, 1.807) is 46.9 Å². The van der Waals surface area contributed by atoms with Gasteiger partial charge in [0.1, 0.15) is 0 Å². The van der Waals surface area contributed by atoms with Crippen LogP contribution in [0.25, 0.3) is 16.7 Å². The van der Waals surface area contributed by atoms with Gasteiger partial charge in [0.15, 0.2) is 0 Å². The number of H-pyrrole nitrogens is 1. The number of aromatic nitrogens is 6. The second-order valence-electron chi connectivity index (χ2n) is 18.3. The number of rotatable bonds is 8. The number of amides is 6. The molecule has 3 fully saturated rings. The maximum Gasteiger partial charge on any atom is 0.431 e. The molecule has 73 heavy (non-hydrogen) atoms. The summed E-state index contributed by atoms with van der Waals surface area (Å²) in [5.41, 5.74) is 6.47. The second kappa shape index (κ2) is 23.8. The number of likely N-dealkylation sites (N-methyl/N-ethyl adjacent to an activating group) is 3. The number of hydrogen-bond donors (Lipinski definition) is 3. The number of aromatic amines is 1. The summed E-state index contributed by atoms with van der Waals surface area (Å²) in [6.45, 7) is 9.69. The van der Waals surface area contributed by atoms with E-state index >= 15 is 0 Å². The van der Waals surface area contributed by atoms with Gasteiger partial charge in [0, 0.05) is 95.7 Å². The molecule has 3 aromatic carbocycles. The van der Waals surface area contributed by atoms with Crippen LogP contribution in [-0.2, 0) is 0 Å². The molecule has 6 aliphatic rings. The standard InChI is InChI=1S/C15H15P.2C11H15BN4O2.C10H12N4O.C6H6/c1-2-13-16(14-9-5-3-6-10-14)15-11-7-4-8-12-15;2*1-12(18)16-6-8(5-13-16)9-3-4-15-7-10(9)14(2)11(15)17;1-13-9-6-14(10(13)15)3-2-8(9)7-4-11-12-5-7;1-2-4-6-5-3-1/h2-13H,1H3;2*3,5-6,10,18H,4,7H2,1-2H3;2,4-5,9H,3,6H2,1H3,(H,11,12);1-6H/b13-2+;;;;. The average Bonchev–Trinajstić information content (AvgIpc) is 4.32. The molecule has 6 aliphatic heterocycles. The summed E-state index contributed by atoms with van der Waals surface area (Å²) < 4.78 is 3.03. The molecule has 12 rings (SSSR count). The average molecular weight is 1000 g/mol. The number of benzene rings is 3. The van der Waals surface area contributed by atoms with Gasteiger partial charge in [0.2, 0.25) is 0 Å². The fraction of sp³-hybridized carbons (Fsp3) is 0.283.